The van der Waals surface area contributed by atoms with E-state index in [9.17, 15) is 8.42 Å². The molecule has 2 rings (SSSR count). The van der Waals surface area contributed by atoms with Crippen molar-refractivity contribution < 1.29 is 17.9 Å². The van der Waals surface area contributed by atoms with Gasteiger partial charge in [-0.25, -0.2) is 13.4 Å². The third kappa shape index (κ3) is 5.81. The van der Waals surface area contributed by atoms with Crippen LogP contribution in [0.15, 0.2) is 23.2 Å². The van der Waals surface area contributed by atoms with Gasteiger partial charge in [0.05, 0.1) is 31.8 Å². The van der Waals surface area contributed by atoms with E-state index >= 15 is 0 Å². The smallest absolute Gasteiger partial charge is 0.191 e. The van der Waals surface area contributed by atoms with E-state index < -0.39 is 9.84 Å². The number of hydrogen-bond acceptors (Lipinski definition) is 5. The van der Waals surface area contributed by atoms with Gasteiger partial charge in [0.15, 0.2) is 27.3 Å². The van der Waals surface area contributed by atoms with E-state index in [-0.39, 0.29) is 17.5 Å². The first kappa shape index (κ1) is 19.4. The highest BCUT2D eigenvalue weighted by atomic mass is 32.2. The molecule has 25 heavy (non-hydrogen) atoms. The molecule has 1 unspecified atom stereocenters. The Hall–Kier alpha value is -1.96. The van der Waals surface area contributed by atoms with Crippen molar-refractivity contribution >= 4 is 15.8 Å². The SMILES string of the molecule is CCNC(=NCc1ccc(OC)c(OCC)c1)NC1CCS(=O)(=O)C1. The molecule has 0 radical (unpaired) electrons. The topological polar surface area (TPSA) is 89.0 Å². The second-order valence-electron chi connectivity index (χ2n) is 5.86. The van der Waals surface area contributed by atoms with Crippen LogP contribution in [0.5, 0.6) is 11.5 Å². The molecule has 8 heteroatoms. The number of nitrogens with one attached hydrogen (secondary N) is 2. The molecule has 1 fully saturated rings. The quantitative estimate of drug-likeness (QED) is 0.557. The van der Waals surface area contributed by atoms with Crippen molar-refractivity contribution in [2.45, 2.75) is 32.9 Å². The van der Waals surface area contributed by atoms with Crippen LogP contribution < -0.4 is 20.1 Å². The fraction of sp³-hybridized carbons (Fsp3) is 0.588. The van der Waals surface area contributed by atoms with Gasteiger partial charge in [-0.05, 0) is 38.0 Å². The summed E-state index contributed by atoms with van der Waals surface area (Å²) in [6, 6.07) is 5.63. The molecule has 140 valence electrons. The molecule has 1 aromatic rings. The van der Waals surface area contributed by atoms with Crippen molar-refractivity contribution in [3.05, 3.63) is 23.8 Å². The number of aliphatic imine (C=N–C) groups is 1. The minimum Gasteiger partial charge on any atom is -0.493 e. The lowest BCUT2D eigenvalue weighted by Crippen LogP contribution is -2.44. The molecule has 7 nitrogen and oxygen atoms in total. The Kier molecular flexibility index (Phi) is 6.92. The molecule has 1 aliphatic rings. The van der Waals surface area contributed by atoms with E-state index in [1.165, 1.54) is 0 Å². The number of ether oxygens (including phenoxy) is 2. The lowest BCUT2D eigenvalue weighted by Gasteiger charge is -2.16. The van der Waals surface area contributed by atoms with Crippen LogP contribution in [0, 0.1) is 0 Å². The van der Waals surface area contributed by atoms with Crippen LogP contribution in [-0.2, 0) is 16.4 Å². The molecule has 0 saturated carbocycles. The number of nitrogens with zero attached hydrogens (tertiary/aromatic N) is 1. The zero-order valence-corrected chi connectivity index (χ0v) is 15.9. The number of methoxy groups -OCH3 is 1. The van der Waals surface area contributed by atoms with Crippen molar-refractivity contribution in [2.24, 2.45) is 4.99 Å². The van der Waals surface area contributed by atoms with E-state index in [0.717, 1.165) is 5.56 Å². The summed E-state index contributed by atoms with van der Waals surface area (Å²) in [4.78, 5) is 4.55. The predicted octanol–water partition coefficient (Wildman–Crippen LogP) is 1.34. The van der Waals surface area contributed by atoms with Crippen molar-refractivity contribution in [1.82, 2.24) is 10.6 Å². The Morgan fingerprint density at radius 3 is 2.72 bits per heavy atom. The lowest BCUT2D eigenvalue weighted by atomic mass is 10.2. The van der Waals surface area contributed by atoms with Gasteiger partial charge >= 0.3 is 0 Å². The minimum absolute atomic E-state index is 0.0855. The number of hydrogen-bond donors (Lipinski definition) is 2. The Balaban J connectivity index is 2.06. The van der Waals surface area contributed by atoms with Crippen LogP contribution in [0.3, 0.4) is 0 Å². The minimum atomic E-state index is -2.92. The molecule has 1 aromatic carbocycles. The van der Waals surface area contributed by atoms with E-state index in [2.05, 4.69) is 15.6 Å². The molecule has 0 aliphatic carbocycles. The summed E-state index contributed by atoms with van der Waals surface area (Å²) in [7, 11) is -1.31. The zero-order valence-electron chi connectivity index (χ0n) is 15.0. The Morgan fingerprint density at radius 1 is 1.32 bits per heavy atom. The first-order valence-corrected chi connectivity index (χ1v) is 10.3. The Labute approximate surface area is 149 Å². The number of guanidine groups is 1. The summed E-state index contributed by atoms with van der Waals surface area (Å²) in [6.45, 7) is 5.62. The van der Waals surface area contributed by atoms with Gasteiger partial charge in [0.2, 0.25) is 0 Å². The maximum atomic E-state index is 11.6. The van der Waals surface area contributed by atoms with Crippen LogP contribution in [0.1, 0.15) is 25.8 Å². The number of rotatable bonds is 7. The molecule has 1 atom stereocenters. The summed E-state index contributed by atoms with van der Waals surface area (Å²) in [5, 5.41) is 6.37. The fourth-order valence-corrected chi connectivity index (χ4v) is 4.35. The normalized spacial score (nSPS) is 19.5. The first-order chi connectivity index (χ1) is 12.0. The average molecular weight is 369 g/mol. The molecule has 0 aromatic heterocycles. The predicted molar refractivity (Wildman–Crippen MR) is 99.2 cm³/mol. The van der Waals surface area contributed by atoms with Crippen molar-refractivity contribution in [1.29, 1.82) is 0 Å². The summed E-state index contributed by atoms with van der Waals surface area (Å²) < 4.78 is 34.1. The fourth-order valence-electron chi connectivity index (χ4n) is 2.68. The molecule has 1 heterocycles. The Bertz CT molecular complexity index is 704. The van der Waals surface area contributed by atoms with Gasteiger partial charge in [-0.3, -0.25) is 0 Å². The second-order valence-corrected chi connectivity index (χ2v) is 8.09. The van der Waals surface area contributed by atoms with Crippen LogP contribution in [0.25, 0.3) is 0 Å². The number of benzene rings is 1. The molecule has 1 saturated heterocycles. The van der Waals surface area contributed by atoms with E-state index in [0.29, 0.717) is 43.6 Å². The van der Waals surface area contributed by atoms with E-state index in [1.807, 2.05) is 32.0 Å². The molecule has 0 bridgehead atoms. The molecule has 2 N–H and O–H groups in total. The van der Waals surface area contributed by atoms with Crippen molar-refractivity contribution in [2.75, 3.05) is 31.8 Å². The summed E-state index contributed by atoms with van der Waals surface area (Å²) in [6.07, 6.45) is 0.615. The summed E-state index contributed by atoms with van der Waals surface area (Å²) in [5.74, 6) is 2.40. The molecular formula is C17H27N3O4S. The largest absolute Gasteiger partial charge is 0.493 e. The molecule has 0 amide bonds. The molecular weight excluding hydrogens is 342 g/mol. The second kappa shape index (κ2) is 8.94. The van der Waals surface area contributed by atoms with Gasteiger partial charge in [-0.15, -0.1) is 0 Å². The summed E-state index contributed by atoms with van der Waals surface area (Å²) >= 11 is 0. The maximum Gasteiger partial charge on any atom is 0.191 e. The van der Waals surface area contributed by atoms with Gasteiger partial charge in [-0.1, -0.05) is 6.07 Å². The van der Waals surface area contributed by atoms with Crippen LogP contribution >= 0.6 is 0 Å². The van der Waals surface area contributed by atoms with Gasteiger partial charge in [-0.2, -0.15) is 0 Å². The van der Waals surface area contributed by atoms with Crippen molar-refractivity contribution in [3.8, 4) is 11.5 Å². The average Bonchev–Trinajstić information content (AvgIpc) is 2.92. The van der Waals surface area contributed by atoms with Crippen LogP contribution in [-0.4, -0.2) is 52.2 Å². The van der Waals surface area contributed by atoms with E-state index in [4.69, 9.17) is 9.47 Å². The Morgan fingerprint density at radius 2 is 2.12 bits per heavy atom. The van der Waals surface area contributed by atoms with Gasteiger partial charge in [0, 0.05) is 12.6 Å². The highest BCUT2D eigenvalue weighted by molar-refractivity contribution is 7.91. The maximum absolute atomic E-state index is 11.6. The molecule has 1 aliphatic heterocycles. The van der Waals surface area contributed by atoms with Gasteiger partial charge in [0.25, 0.3) is 0 Å². The third-order valence-electron chi connectivity index (χ3n) is 3.87. The monoisotopic (exact) mass is 369 g/mol. The zero-order chi connectivity index (χ0) is 18.3. The van der Waals surface area contributed by atoms with Crippen LogP contribution in [0.2, 0.25) is 0 Å². The highest BCUT2D eigenvalue weighted by Gasteiger charge is 2.28. The summed E-state index contributed by atoms with van der Waals surface area (Å²) in [5.41, 5.74) is 0.987. The van der Waals surface area contributed by atoms with Crippen LogP contribution in [0.4, 0.5) is 0 Å². The first-order valence-electron chi connectivity index (χ1n) is 8.52. The van der Waals surface area contributed by atoms with Crippen molar-refractivity contribution in [3.63, 3.8) is 0 Å². The lowest BCUT2D eigenvalue weighted by molar-refractivity contribution is 0.310. The molecule has 0 spiro atoms. The highest BCUT2D eigenvalue weighted by Crippen LogP contribution is 2.28. The van der Waals surface area contributed by atoms with E-state index in [1.54, 1.807) is 7.11 Å². The van der Waals surface area contributed by atoms with Gasteiger partial charge in [0.1, 0.15) is 0 Å². The van der Waals surface area contributed by atoms with Gasteiger partial charge < -0.3 is 20.1 Å². The number of sulfone groups is 1. The standard InChI is InChI=1S/C17H27N3O4S/c1-4-18-17(20-14-8-9-25(21,22)12-14)19-11-13-6-7-15(23-3)16(10-13)24-5-2/h6-7,10,14H,4-5,8-9,11-12H2,1-3H3,(H2,18,19,20). The third-order valence-corrected chi connectivity index (χ3v) is 5.63.